The van der Waals surface area contributed by atoms with E-state index in [9.17, 15) is 18.0 Å². The maximum atomic E-state index is 15.1. The number of amides is 2. The average molecular weight is 742 g/mol. The summed E-state index contributed by atoms with van der Waals surface area (Å²) in [5.74, 6) is 1.41. The van der Waals surface area contributed by atoms with Crippen molar-refractivity contribution in [1.82, 2.24) is 34.3 Å². The van der Waals surface area contributed by atoms with E-state index in [1.165, 1.54) is 29.4 Å². The number of aryl methyl sites for hydroxylation is 1. The van der Waals surface area contributed by atoms with Crippen LogP contribution in [0, 0.1) is 12.7 Å². The molecule has 7 rings (SSSR count). The Hall–Kier alpha value is -6.45. The summed E-state index contributed by atoms with van der Waals surface area (Å²) in [4.78, 5) is 25.6. The highest BCUT2D eigenvalue weighted by atomic mass is 19.4. The van der Waals surface area contributed by atoms with E-state index in [-0.39, 0.29) is 24.4 Å². The van der Waals surface area contributed by atoms with Gasteiger partial charge in [-0.2, -0.15) is 23.4 Å². The van der Waals surface area contributed by atoms with Gasteiger partial charge < -0.3 is 24.6 Å². The van der Waals surface area contributed by atoms with Crippen LogP contribution in [-0.2, 0) is 13.1 Å². The molecular weight excluding hydrogens is 706 g/mol. The van der Waals surface area contributed by atoms with Crippen LogP contribution in [0.4, 0.5) is 33.9 Å². The number of hydrogen-bond donors (Lipinski definition) is 1. The fourth-order valence-corrected chi connectivity index (χ4v) is 6.27. The van der Waals surface area contributed by atoms with Crippen LogP contribution in [0.5, 0.6) is 11.5 Å². The van der Waals surface area contributed by atoms with Crippen molar-refractivity contribution in [2.75, 3.05) is 37.5 Å². The van der Waals surface area contributed by atoms with Crippen molar-refractivity contribution in [2.24, 2.45) is 0 Å². The van der Waals surface area contributed by atoms with E-state index in [2.05, 4.69) is 25.4 Å². The van der Waals surface area contributed by atoms with Crippen LogP contribution >= 0.6 is 0 Å². The van der Waals surface area contributed by atoms with Crippen LogP contribution in [0.15, 0.2) is 97.2 Å². The molecule has 2 amide bonds. The third-order valence-electron chi connectivity index (χ3n) is 9.01. The van der Waals surface area contributed by atoms with Gasteiger partial charge in [0.05, 0.1) is 50.1 Å². The Kier molecular flexibility index (Phi) is 9.90. The lowest BCUT2D eigenvalue weighted by atomic mass is 10.1. The molecule has 12 nitrogen and oxygen atoms in total. The van der Waals surface area contributed by atoms with Gasteiger partial charge in [0, 0.05) is 37.9 Å². The number of anilines is 2. The SMILES string of the molecule is COc1ccc(CN(Cc2ccc(OC)cc2)c2ncnn3c(-c4cnn(-c5cc(NC(=O)N6CC=C(CC(F)(F)F)C6)c(F)cc5C)c4)cnc23)cc1. The summed E-state index contributed by atoms with van der Waals surface area (Å²) in [6.45, 7) is 2.51. The summed E-state index contributed by atoms with van der Waals surface area (Å²) in [6, 6.07) is 17.6. The van der Waals surface area contributed by atoms with E-state index in [4.69, 9.17) is 14.5 Å². The summed E-state index contributed by atoms with van der Waals surface area (Å²) in [7, 11) is 3.25. The number of carbonyl (C=O) groups is 1. The Balaban J connectivity index is 1.15. The summed E-state index contributed by atoms with van der Waals surface area (Å²) in [5.41, 5.74) is 4.80. The monoisotopic (exact) mass is 741 g/mol. The number of hydrogen-bond acceptors (Lipinski definition) is 8. The normalized spacial score (nSPS) is 12.9. The second-order valence-electron chi connectivity index (χ2n) is 12.8. The summed E-state index contributed by atoms with van der Waals surface area (Å²) < 4.78 is 67.5. The first-order valence-corrected chi connectivity index (χ1v) is 16.8. The predicted molar refractivity (Wildman–Crippen MR) is 193 cm³/mol. The lowest BCUT2D eigenvalue weighted by Gasteiger charge is -2.24. The van der Waals surface area contributed by atoms with Gasteiger partial charge in [0.25, 0.3) is 0 Å². The molecule has 0 saturated carbocycles. The quantitative estimate of drug-likeness (QED) is 0.108. The van der Waals surface area contributed by atoms with E-state index in [0.29, 0.717) is 47.1 Å². The highest BCUT2D eigenvalue weighted by Gasteiger charge is 2.32. The third-order valence-corrected chi connectivity index (χ3v) is 9.01. The van der Waals surface area contributed by atoms with Crippen molar-refractivity contribution >= 4 is 23.2 Å². The molecule has 1 N–H and O–H groups in total. The summed E-state index contributed by atoms with van der Waals surface area (Å²) >= 11 is 0. The van der Waals surface area contributed by atoms with Gasteiger partial charge in [0.1, 0.15) is 23.6 Å². The first-order valence-electron chi connectivity index (χ1n) is 16.8. The van der Waals surface area contributed by atoms with Crippen LogP contribution in [0.1, 0.15) is 23.1 Å². The first-order chi connectivity index (χ1) is 26.0. The molecule has 0 bridgehead atoms. The lowest BCUT2D eigenvalue weighted by Crippen LogP contribution is -2.33. The minimum Gasteiger partial charge on any atom is -0.497 e. The maximum absolute atomic E-state index is 15.1. The lowest BCUT2D eigenvalue weighted by molar-refractivity contribution is -0.127. The standard InChI is InChI=1S/C38H35F4N9O3/c1-24-14-31(39)32(47-37(52)48-13-12-27(21-48)16-38(40,41)42)15-33(24)50-22-28(17-45-50)34-18-43-36-35(44-23-46-51(34)36)49(19-25-4-8-29(53-2)9-5-25)20-26-6-10-30(54-3)11-7-26/h4-12,14-15,17-18,22-23H,13,16,19-21H2,1-3H3,(H,47,52). The Bertz CT molecular complexity index is 2270. The fourth-order valence-electron chi connectivity index (χ4n) is 6.27. The maximum Gasteiger partial charge on any atom is 0.392 e. The van der Waals surface area contributed by atoms with Gasteiger partial charge in [-0.1, -0.05) is 30.3 Å². The number of aromatic nitrogens is 6. The second kappa shape index (κ2) is 14.9. The van der Waals surface area contributed by atoms with E-state index in [0.717, 1.165) is 22.6 Å². The van der Waals surface area contributed by atoms with Gasteiger partial charge >= 0.3 is 12.2 Å². The number of ether oxygens (including phenoxy) is 2. The number of nitrogens with zero attached hydrogens (tertiary/aromatic N) is 8. The minimum absolute atomic E-state index is 0.00853. The summed E-state index contributed by atoms with van der Waals surface area (Å²) in [5, 5.41) is 11.5. The number of alkyl halides is 3. The first kappa shape index (κ1) is 35.9. The van der Waals surface area contributed by atoms with Gasteiger partial charge in [0.15, 0.2) is 11.5 Å². The zero-order valence-corrected chi connectivity index (χ0v) is 29.5. The van der Waals surface area contributed by atoms with Gasteiger partial charge in [-0.15, -0.1) is 0 Å². The Morgan fingerprint density at radius 3 is 2.22 bits per heavy atom. The Morgan fingerprint density at radius 2 is 1.59 bits per heavy atom. The molecule has 0 atom stereocenters. The molecule has 4 heterocycles. The molecule has 16 heteroatoms. The number of nitrogens with one attached hydrogen (secondary N) is 1. The molecular formula is C38H35F4N9O3. The van der Waals surface area contributed by atoms with Crippen molar-refractivity contribution in [3.05, 3.63) is 120 Å². The second-order valence-corrected chi connectivity index (χ2v) is 12.8. The number of rotatable bonds is 11. The van der Waals surface area contributed by atoms with Crippen molar-refractivity contribution in [1.29, 1.82) is 0 Å². The molecule has 54 heavy (non-hydrogen) atoms. The number of urea groups is 1. The van der Waals surface area contributed by atoms with Crippen LogP contribution in [0.25, 0.3) is 22.6 Å². The zero-order valence-electron chi connectivity index (χ0n) is 29.5. The van der Waals surface area contributed by atoms with Gasteiger partial charge in [-0.25, -0.2) is 28.4 Å². The fraction of sp³-hybridized carbons (Fsp3) is 0.237. The zero-order chi connectivity index (χ0) is 38.0. The number of imidazole rings is 1. The highest BCUT2D eigenvalue weighted by molar-refractivity contribution is 5.90. The molecule has 278 valence electrons. The van der Waals surface area contributed by atoms with E-state index >= 15 is 4.39 Å². The van der Waals surface area contributed by atoms with Crippen LogP contribution in [0.3, 0.4) is 0 Å². The molecule has 1 aliphatic rings. The molecule has 0 radical (unpaired) electrons. The van der Waals surface area contributed by atoms with Crippen molar-refractivity contribution in [3.63, 3.8) is 0 Å². The van der Waals surface area contributed by atoms with Crippen molar-refractivity contribution < 1.29 is 31.8 Å². The number of halogens is 4. The highest BCUT2D eigenvalue weighted by Crippen LogP contribution is 2.31. The summed E-state index contributed by atoms with van der Waals surface area (Å²) in [6.07, 6.45) is 2.37. The topological polar surface area (TPSA) is 115 Å². The number of fused-ring (bicyclic) bond motifs is 1. The molecule has 0 aliphatic carbocycles. The number of methoxy groups -OCH3 is 2. The molecule has 3 aromatic carbocycles. The molecule has 0 spiro atoms. The molecule has 0 unspecified atom stereocenters. The molecule has 3 aromatic heterocycles. The van der Waals surface area contributed by atoms with E-state index in [1.54, 1.807) is 48.9 Å². The Morgan fingerprint density at radius 1 is 0.926 bits per heavy atom. The number of benzene rings is 3. The largest absolute Gasteiger partial charge is 0.497 e. The minimum atomic E-state index is -4.38. The smallest absolute Gasteiger partial charge is 0.392 e. The van der Waals surface area contributed by atoms with Crippen LogP contribution < -0.4 is 19.7 Å². The average Bonchev–Trinajstić information content (AvgIpc) is 3.93. The number of carbonyl (C=O) groups excluding carboxylic acids is 1. The van der Waals surface area contributed by atoms with Gasteiger partial charge in [-0.3, -0.25) is 0 Å². The predicted octanol–water partition coefficient (Wildman–Crippen LogP) is 7.37. The van der Waals surface area contributed by atoms with E-state index < -0.39 is 24.4 Å². The van der Waals surface area contributed by atoms with Gasteiger partial charge in [0.2, 0.25) is 0 Å². The van der Waals surface area contributed by atoms with Gasteiger partial charge in [-0.05, 0) is 65.6 Å². The van der Waals surface area contributed by atoms with E-state index in [1.807, 2.05) is 48.5 Å². The van der Waals surface area contributed by atoms with Crippen molar-refractivity contribution in [3.8, 4) is 28.4 Å². The molecule has 0 saturated heterocycles. The molecule has 0 fully saturated rings. The van der Waals surface area contributed by atoms with Crippen LogP contribution in [-0.4, -0.2) is 73.8 Å². The third kappa shape index (κ3) is 7.82. The van der Waals surface area contributed by atoms with Crippen LogP contribution in [0.2, 0.25) is 0 Å². The van der Waals surface area contributed by atoms with Crippen molar-refractivity contribution in [2.45, 2.75) is 32.6 Å². The molecule has 6 aromatic rings. The molecule has 1 aliphatic heterocycles. The Labute approximate surface area is 307 Å².